The first-order valence-corrected chi connectivity index (χ1v) is 11.8. The molecule has 2 aromatic rings. The van der Waals surface area contributed by atoms with E-state index in [-0.39, 0.29) is 19.1 Å². The molecule has 0 bridgehead atoms. The molecule has 1 N–H and O–H groups in total. The van der Waals surface area contributed by atoms with Gasteiger partial charge in [-0.1, -0.05) is 49.4 Å². The second kappa shape index (κ2) is 10.4. The average molecular weight is 480 g/mol. The number of imide groups is 1. The number of nitrogens with zero attached hydrogens (tertiary/aromatic N) is 5. The van der Waals surface area contributed by atoms with Crippen LogP contribution in [0.4, 0.5) is 4.79 Å². The monoisotopic (exact) mass is 479 g/mol. The van der Waals surface area contributed by atoms with Crippen molar-refractivity contribution < 1.29 is 19.4 Å². The second-order valence-corrected chi connectivity index (χ2v) is 9.04. The van der Waals surface area contributed by atoms with Crippen molar-refractivity contribution in [3.63, 3.8) is 0 Å². The van der Waals surface area contributed by atoms with Crippen LogP contribution >= 0.6 is 0 Å². The van der Waals surface area contributed by atoms with Crippen molar-refractivity contribution in [3.05, 3.63) is 65.7 Å². The summed E-state index contributed by atoms with van der Waals surface area (Å²) in [6, 6.07) is 16.6. The van der Waals surface area contributed by atoms with Crippen LogP contribution in [-0.4, -0.2) is 95.2 Å². The molecule has 1 saturated heterocycles. The van der Waals surface area contributed by atoms with Crippen molar-refractivity contribution in [1.82, 2.24) is 19.6 Å². The summed E-state index contributed by atoms with van der Waals surface area (Å²) < 4.78 is 5.84. The van der Waals surface area contributed by atoms with Gasteiger partial charge in [0.2, 0.25) is 0 Å². The molecule has 2 aliphatic heterocycles. The molecule has 0 aliphatic carbocycles. The maximum atomic E-state index is 13.2. The third kappa shape index (κ3) is 5.09. The summed E-state index contributed by atoms with van der Waals surface area (Å²) in [7, 11) is 5.01. The first-order valence-electron chi connectivity index (χ1n) is 11.8. The second-order valence-electron chi connectivity index (χ2n) is 9.04. The highest BCUT2D eigenvalue weighted by Gasteiger charge is 2.52. The summed E-state index contributed by atoms with van der Waals surface area (Å²) in [4.78, 5) is 36.8. The van der Waals surface area contributed by atoms with Gasteiger partial charge in [-0.25, -0.2) is 9.79 Å². The molecule has 1 fully saturated rings. The number of carbonyl (C=O) groups is 2. The van der Waals surface area contributed by atoms with Gasteiger partial charge in [0, 0.05) is 27.7 Å². The molecule has 0 aromatic heterocycles. The van der Waals surface area contributed by atoms with E-state index in [1.807, 2.05) is 66.5 Å². The minimum Gasteiger partial charge on any atom is -0.491 e. The van der Waals surface area contributed by atoms with Crippen molar-refractivity contribution >= 4 is 17.9 Å². The van der Waals surface area contributed by atoms with Gasteiger partial charge in [0.15, 0.2) is 18.2 Å². The van der Waals surface area contributed by atoms with Gasteiger partial charge in [-0.3, -0.25) is 9.69 Å². The van der Waals surface area contributed by atoms with Gasteiger partial charge in [-0.15, -0.1) is 0 Å². The van der Waals surface area contributed by atoms with E-state index in [0.717, 1.165) is 22.4 Å². The van der Waals surface area contributed by atoms with Crippen molar-refractivity contribution in [2.45, 2.75) is 38.2 Å². The van der Waals surface area contributed by atoms with Crippen molar-refractivity contribution in [1.29, 1.82) is 0 Å². The Labute approximate surface area is 206 Å². The van der Waals surface area contributed by atoms with E-state index < -0.39 is 24.3 Å². The zero-order valence-electron chi connectivity index (χ0n) is 20.7. The highest BCUT2D eigenvalue weighted by Crippen LogP contribution is 2.28. The van der Waals surface area contributed by atoms with E-state index >= 15 is 0 Å². The maximum absolute atomic E-state index is 13.2. The number of carbonyl (C=O) groups excluding carboxylic acids is 2. The van der Waals surface area contributed by atoms with E-state index in [9.17, 15) is 14.7 Å². The molecule has 2 heterocycles. The molecule has 9 heteroatoms. The number of aliphatic hydroxyl groups is 1. The number of aliphatic hydroxyl groups excluding tert-OH is 1. The standard InChI is InChI=1S/C26H33N5O4/c1-5-18-12-9-13-21(14-18)35-17-20(32)16-31-22-23(29(3)26(34)30(4)24(22)33)27-25(31)28(2)15-19-10-7-6-8-11-19/h6-14,20,22-23,32H,5,15-17H2,1-4H3. The number of hydrogen-bond acceptors (Lipinski definition) is 7. The Morgan fingerprint density at radius 3 is 2.51 bits per heavy atom. The number of fused-ring (bicyclic) bond motifs is 1. The Balaban J connectivity index is 1.53. The van der Waals surface area contributed by atoms with E-state index in [1.165, 1.54) is 11.9 Å². The number of aliphatic imine (C=N–C) groups is 1. The molecule has 3 amide bonds. The van der Waals surface area contributed by atoms with Gasteiger partial charge < -0.3 is 24.5 Å². The molecular weight excluding hydrogens is 446 g/mol. The van der Waals surface area contributed by atoms with Crippen molar-refractivity contribution in [2.24, 2.45) is 4.99 Å². The number of hydrogen-bond donors (Lipinski definition) is 1. The van der Waals surface area contributed by atoms with Crippen LogP contribution in [0.5, 0.6) is 5.75 Å². The Kier molecular flexibility index (Phi) is 7.25. The summed E-state index contributed by atoms with van der Waals surface area (Å²) in [6.45, 7) is 2.84. The lowest BCUT2D eigenvalue weighted by Gasteiger charge is -2.41. The summed E-state index contributed by atoms with van der Waals surface area (Å²) in [6.07, 6.45) is -0.643. The molecule has 3 atom stereocenters. The van der Waals surface area contributed by atoms with Crippen LogP contribution in [-0.2, 0) is 17.8 Å². The summed E-state index contributed by atoms with van der Waals surface area (Å²) in [5, 5.41) is 10.9. The molecule has 186 valence electrons. The van der Waals surface area contributed by atoms with Gasteiger partial charge in [0.25, 0.3) is 5.91 Å². The number of ether oxygens (including phenoxy) is 1. The number of aryl methyl sites for hydroxylation is 1. The number of likely N-dealkylation sites (N-methyl/N-ethyl adjacent to an activating group) is 2. The summed E-state index contributed by atoms with van der Waals surface area (Å²) >= 11 is 0. The fourth-order valence-corrected chi connectivity index (χ4v) is 4.52. The van der Waals surface area contributed by atoms with Crippen LogP contribution in [0.1, 0.15) is 18.1 Å². The molecule has 4 rings (SSSR count). The normalized spacial score (nSPS) is 20.6. The van der Waals surface area contributed by atoms with Crippen LogP contribution in [0.15, 0.2) is 59.6 Å². The third-order valence-electron chi connectivity index (χ3n) is 6.45. The first kappa shape index (κ1) is 24.5. The Morgan fingerprint density at radius 2 is 1.80 bits per heavy atom. The summed E-state index contributed by atoms with van der Waals surface area (Å²) in [5.41, 5.74) is 2.24. The van der Waals surface area contributed by atoms with E-state index in [0.29, 0.717) is 18.3 Å². The van der Waals surface area contributed by atoms with Crippen LogP contribution in [0.3, 0.4) is 0 Å². The molecule has 2 aromatic carbocycles. The SMILES string of the molecule is CCc1cccc(OCC(O)CN2C(N(C)Cc3ccccc3)=NC3C2C(=O)N(C)C(=O)N3C)c1. The van der Waals surface area contributed by atoms with E-state index in [4.69, 9.17) is 9.73 Å². The number of β-amino-alcohol motifs (C(OH)–C–C–N with tert-alkyl or cyclic N) is 1. The van der Waals surface area contributed by atoms with E-state index in [1.54, 1.807) is 11.9 Å². The summed E-state index contributed by atoms with van der Waals surface area (Å²) in [5.74, 6) is 0.907. The highest BCUT2D eigenvalue weighted by atomic mass is 16.5. The lowest BCUT2D eigenvalue weighted by molar-refractivity contribution is -0.136. The maximum Gasteiger partial charge on any atom is 0.328 e. The number of amides is 3. The van der Waals surface area contributed by atoms with Crippen LogP contribution < -0.4 is 4.74 Å². The first-order chi connectivity index (χ1) is 16.8. The van der Waals surface area contributed by atoms with E-state index in [2.05, 4.69) is 6.92 Å². The van der Waals surface area contributed by atoms with Crippen molar-refractivity contribution in [3.8, 4) is 5.75 Å². The number of benzene rings is 2. The molecule has 0 radical (unpaired) electrons. The lowest BCUT2D eigenvalue weighted by atomic mass is 10.1. The van der Waals surface area contributed by atoms with Gasteiger partial charge in [-0.05, 0) is 29.7 Å². The smallest absolute Gasteiger partial charge is 0.328 e. The van der Waals surface area contributed by atoms with Gasteiger partial charge in [-0.2, -0.15) is 0 Å². The highest BCUT2D eigenvalue weighted by molar-refractivity contribution is 6.03. The Bertz CT molecular complexity index is 1090. The fraction of sp³-hybridized carbons (Fsp3) is 0.423. The predicted molar refractivity (Wildman–Crippen MR) is 133 cm³/mol. The molecule has 3 unspecified atom stereocenters. The molecule has 9 nitrogen and oxygen atoms in total. The minimum absolute atomic E-state index is 0.0650. The Hall–Kier alpha value is -3.59. The van der Waals surface area contributed by atoms with Gasteiger partial charge in [0.05, 0.1) is 6.54 Å². The number of rotatable bonds is 8. The zero-order chi connectivity index (χ0) is 25.1. The topological polar surface area (TPSA) is 88.9 Å². The molecule has 0 spiro atoms. The van der Waals surface area contributed by atoms with Crippen LogP contribution in [0, 0.1) is 0 Å². The molecule has 0 saturated carbocycles. The quantitative estimate of drug-likeness (QED) is 0.623. The van der Waals surface area contributed by atoms with Gasteiger partial charge >= 0.3 is 6.03 Å². The van der Waals surface area contributed by atoms with Crippen LogP contribution in [0.25, 0.3) is 0 Å². The average Bonchev–Trinajstić information content (AvgIpc) is 3.25. The zero-order valence-corrected chi connectivity index (χ0v) is 20.7. The number of guanidine groups is 1. The predicted octanol–water partition coefficient (Wildman–Crippen LogP) is 2.01. The minimum atomic E-state index is -0.879. The third-order valence-corrected chi connectivity index (χ3v) is 6.45. The lowest BCUT2D eigenvalue weighted by Crippen LogP contribution is -2.65. The fourth-order valence-electron chi connectivity index (χ4n) is 4.52. The Morgan fingerprint density at radius 1 is 1.09 bits per heavy atom. The molecule has 35 heavy (non-hydrogen) atoms. The molecule has 2 aliphatic rings. The molecular formula is C26H33N5O4. The number of urea groups is 1. The van der Waals surface area contributed by atoms with Gasteiger partial charge in [0.1, 0.15) is 18.5 Å². The van der Waals surface area contributed by atoms with Crippen molar-refractivity contribution in [2.75, 3.05) is 34.3 Å². The van der Waals surface area contributed by atoms with Crippen LogP contribution in [0.2, 0.25) is 0 Å². The largest absolute Gasteiger partial charge is 0.491 e.